The number of carbonyl (C=O) groups excluding carboxylic acids is 1. The Bertz CT molecular complexity index is 1430. The topological polar surface area (TPSA) is 93.2 Å². The summed E-state index contributed by atoms with van der Waals surface area (Å²) in [4.78, 5) is 32.1. The fraction of sp³-hybridized carbons (Fsp3) is 0.357. The van der Waals surface area contributed by atoms with Crippen molar-refractivity contribution < 1.29 is 9.90 Å². The summed E-state index contributed by atoms with van der Waals surface area (Å²) in [7, 11) is 1.86. The minimum absolute atomic E-state index is 0.0981. The second-order valence-corrected chi connectivity index (χ2v) is 9.87. The van der Waals surface area contributed by atoms with E-state index in [2.05, 4.69) is 17.0 Å². The summed E-state index contributed by atoms with van der Waals surface area (Å²) in [6, 6.07) is 17.4. The number of para-hydroxylation sites is 1. The first-order valence-electron chi connectivity index (χ1n) is 12.4. The van der Waals surface area contributed by atoms with Gasteiger partial charge in [0.2, 0.25) is 5.91 Å². The van der Waals surface area contributed by atoms with Crippen LogP contribution in [-0.4, -0.2) is 53.9 Å². The van der Waals surface area contributed by atoms with Crippen molar-refractivity contribution in [3.8, 4) is 11.3 Å². The monoisotopic (exact) mass is 485 g/mol. The number of nitrogens with zero attached hydrogens (tertiary/aromatic N) is 5. The number of aryl methyl sites for hydroxylation is 1. The second-order valence-electron chi connectivity index (χ2n) is 9.87. The molecule has 1 unspecified atom stereocenters. The highest BCUT2D eigenvalue weighted by molar-refractivity contribution is 5.92. The Labute approximate surface area is 209 Å². The highest BCUT2D eigenvalue weighted by Crippen LogP contribution is 2.28. The Kier molecular flexibility index (Phi) is 6.45. The van der Waals surface area contributed by atoms with Gasteiger partial charge in [-0.3, -0.25) is 18.8 Å². The molecular weight excluding hydrogens is 454 g/mol. The van der Waals surface area contributed by atoms with Crippen molar-refractivity contribution in [2.75, 3.05) is 13.1 Å². The van der Waals surface area contributed by atoms with Crippen LogP contribution in [0.15, 0.2) is 71.9 Å². The summed E-state index contributed by atoms with van der Waals surface area (Å²) in [6.45, 7) is 3.15. The number of piperidine rings is 1. The molecule has 2 aromatic carbocycles. The molecule has 8 nitrogen and oxygen atoms in total. The van der Waals surface area contributed by atoms with Crippen LogP contribution in [0.2, 0.25) is 0 Å². The highest BCUT2D eigenvalue weighted by atomic mass is 16.3. The molecule has 1 aliphatic heterocycles. The molecule has 3 heterocycles. The Morgan fingerprint density at radius 1 is 1.11 bits per heavy atom. The molecule has 5 rings (SSSR count). The van der Waals surface area contributed by atoms with Gasteiger partial charge in [0.15, 0.2) is 0 Å². The standard InChI is InChI=1S/C28H31N5O3/c1-20(21-7-4-3-5-8-21)15-25(34)32-13-11-28(36,12-14-32)18-33-19-29-24(16-26(33)35)23-10-6-9-22-17-30-31(2)27(22)23/h3-10,16-17,19-20,36H,11-15,18H2,1-2H3. The lowest BCUT2D eigenvalue weighted by atomic mass is 9.90. The maximum absolute atomic E-state index is 12.9. The molecule has 1 atom stereocenters. The molecule has 186 valence electrons. The quantitative estimate of drug-likeness (QED) is 0.452. The number of aromatic nitrogens is 4. The molecule has 0 saturated carbocycles. The van der Waals surface area contributed by atoms with E-state index in [9.17, 15) is 14.7 Å². The molecule has 0 aliphatic carbocycles. The summed E-state index contributed by atoms with van der Waals surface area (Å²) in [5, 5.41) is 16.5. The minimum Gasteiger partial charge on any atom is -0.388 e. The van der Waals surface area contributed by atoms with Crippen molar-refractivity contribution in [2.24, 2.45) is 7.05 Å². The number of hydrogen-bond donors (Lipinski definition) is 1. The number of benzene rings is 2. The third-order valence-corrected chi connectivity index (χ3v) is 7.28. The number of hydrogen-bond acceptors (Lipinski definition) is 5. The molecule has 1 N–H and O–H groups in total. The minimum atomic E-state index is -1.06. The molecule has 1 amide bonds. The van der Waals surface area contributed by atoms with Crippen LogP contribution in [0.3, 0.4) is 0 Å². The molecule has 4 aromatic rings. The zero-order chi connectivity index (χ0) is 25.3. The molecule has 8 heteroatoms. The molecule has 0 spiro atoms. The normalized spacial score (nSPS) is 16.2. The van der Waals surface area contributed by atoms with E-state index in [0.717, 1.165) is 22.0 Å². The Morgan fingerprint density at radius 3 is 2.58 bits per heavy atom. The van der Waals surface area contributed by atoms with E-state index >= 15 is 0 Å². The van der Waals surface area contributed by atoms with E-state index in [1.807, 2.05) is 60.5 Å². The van der Waals surface area contributed by atoms with Crippen molar-refractivity contribution in [3.05, 3.63) is 83.0 Å². The number of fused-ring (bicyclic) bond motifs is 1. The summed E-state index contributed by atoms with van der Waals surface area (Å²) in [5.41, 5.74) is 2.20. The Hall–Kier alpha value is -3.78. The maximum Gasteiger partial charge on any atom is 0.253 e. The molecule has 36 heavy (non-hydrogen) atoms. The number of rotatable bonds is 6. The first-order chi connectivity index (χ1) is 17.3. The van der Waals surface area contributed by atoms with Gasteiger partial charge in [-0.15, -0.1) is 0 Å². The highest BCUT2D eigenvalue weighted by Gasteiger charge is 2.35. The van der Waals surface area contributed by atoms with Gasteiger partial charge in [-0.2, -0.15) is 5.10 Å². The van der Waals surface area contributed by atoms with E-state index in [-0.39, 0.29) is 23.9 Å². The van der Waals surface area contributed by atoms with E-state index < -0.39 is 5.60 Å². The number of aliphatic hydroxyl groups is 1. The predicted octanol–water partition coefficient (Wildman–Crippen LogP) is 3.34. The summed E-state index contributed by atoms with van der Waals surface area (Å²) < 4.78 is 3.23. The van der Waals surface area contributed by atoms with Crippen molar-refractivity contribution in [3.63, 3.8) is 0 Å². The van der Waals surface area contributed by atoms with Crippen LogP contribution in [0.4, 0.5) is 0 Å². The molecule has 2 aromatic heterocycles. The van der Waals surface area contributed by atoms with Gasteiger partial charge >= 0.3 is 0 Å². The van der Waals surface area contributed by atoms with Crippen molar-refractivity contribution >= 4 is 16.8 Å². The average molecular weight is 486 g/mol. The van der Waals surface area contributed by atoms with Gasteiger partial charge in [-0.05, 0) is 24.3 Å². The smallest absolute Gasteiger partial charge is 0.253 e. The first kappa shape index (κ1) is 23.9. The van der Waals surface area contributed by atoms with Crippen molar-refractivity contribution in [1.82, 2.24) is 24.2 Å². The van der Waals surface area contributed by atoms with E-state index in [4.69, 9.17) is 0 Å². The largest absolute Gasteiger partial charge is 0.388 e. The van der Waals surface area contributed by atoms with Gasteiger partial charge in [-0.1, -0.05) is 55.5 Å². The van der Waals surface area contributed by atoms with E-state index in [0.29, 0.717) is 38.0 Å². The van der Waals surface area contributed by atoms with Gasteiger partial charge in [0.25, 0.3) is 5.56 Å². The van der Waals surface area contributed by atoms with Gasteiger partial charge in [0.1, 0.15) is 0 Å². The molecular formula is C28H31N5O3. The first-order valence-corrected chi connectivity index (χ1v) is 12.4. The van der Waals surface area contributed by atoms with E-state index in [1.165, 1.54) is 17.0 Å². The second kappa shape index (κ2) is 9.70. The Balaban J connectivity index is 1.24. The van der Waals surface area contributed by atoms with Gasteiger partial charge in [0, 0.05) is 43.6 Å². The fourth-order valence-electron chi connectivity index (χ4n) is 5.07. The molecule has 0 bridgehead atoms. The fourth-order valence-corrected chi connectivity index (χ4v) is 5.07. The maximum atomic E-state index is 12.9. The van der Waals surface area contributed by atoms with Crippen molar-refractivity contribution in [2.45, 2.75) is 44.2 Å². The summed E-state index contributed by atoms with van der Waals surface area (Å²) >= 11 is 0. The number of amides is 1. The van der Waals surface area contributed by atoms with Crippen LogP contribution in [0.5, 0.6) is 0 Å². The SMILES string of the molecule is CC(CC(=O)N1CCC(O)(Cn2cnc(-c3cccc4cnn(C)c34)cc2=O)CC1)c1ccccc1. The van der Waals surface area contributed by atoms with Crippen LogP contribution < -0.4 is 5.56 Å². The molecule has 0 radical (unpaired) electrons. The van der Waals surface area contributed by atoms with Crippen LogP contribution in [-0.2, 0) is 18.4 Å². The van der Waals surface area contributed by atoms with Gasteiger partial charge in [-0.25, -0.2) is 4.98 Å². The van der Waals surface area contributed by atoms with Crippen molar-refractivity contribution in [1.29, 1.82) is 0 Å². The van der Waals surface area contributed by atoms with Gasteiger partial charge in [0.05, 0.1) is 35.9 Å². The molecule has 1 fully saturated rings. The summed E-state index contributed by atoms with van der Waals surface area (Å²) in [6.07, 6.45) is 4.57. The lowest BCUT2D eigenvalue weighted by Gasteiger charge is -2.38. The average Bonchev–Trinajstić information content (AvgIpc) is 3.27. The van der Waals surface area contributed by atoms with Crippen LogP contribution in [0.1, 0.15) is 37.7 Å². The van der Waals surface area contributed by atoms with Crippen LogP contribution in [0.25, 0.3) is 22.2 Å². The lowest BCUT2D eigenvalue weighted by Crippen LogP contribution is -2.49. The lowest BCUT2D eigenvalue weighted by molar-refractivity contribution is -0.136. The predicted molar refractivity (Wildman–Crippen MR) is 138 cm³/mol. The van der Waals surface area contributed by atoms with Crippen LogP contribution >= 0.6 is 0 Å². The van der Waals surface area contributed by atoms with Gasteiger partial charge < -0.3 is 10.0 Å². The summed E-state index contributed by atoms with van der Waals surface area (Å²) in [5.74, 6) is 0.237. The Morgan fingerprint density at radius 2 is 1.86 bits per heavy atom. The van der Waals surface area contributed by atoms with Crippen LogP contribution in [0, 0.1) is 0 Å². The zero-order valence-electron chi connectivity index (χ0n) is 20.7. The molecule has 1 saturated heterocycles. The number of likely N-dealkylation sites (tertiary alicyclic amines) is 1. The molecule has 1 aliphatic rings. The third kappa shape index (κ3) is 4.81. The zero-order valence-corrected chi connectivity index (χ0v) is 20.7. The van der Waals surface area contributed by atoms with E-state index in [1.54, 1.807) is 10.9 Å². The third-order valence-electron chi connectivity index (χ3n) is 7.28. The number of carbonyl (C=O) groups is 1.